The van der Waals surface area contributed by atoms with E-state index in [0.717, 1.165) is 49.5 Å². The summed E-state index contributed by atoms with van der Waals surface area (Å²) in [6.07, 6.45) is 4.98. The Morgan fingerprint density at radius 3 is 2.37 bits per heavy atom. The van der Waals surface area contributed by atoms with Crippen molar-refractivity contribution in [2.24, 2.45) is 12.0 Å². The minimum atomic E-state index is -0.193. The molecule has 1 N–H and O–H groups in total. The molecule has 9 heteroatoms. The Kier molecular flexibility index (Phi) is 7.90. The third-order valence-electron chi connectivity index (χ3n) is 6.01. The Labute approximate surface area is 194 Å². The van der Waals surface area contributed by atoms with E-state index in [0.29, 0.717) is 12.6 Å². The average molecular weight is 527 g/mol. The summed E-state index contributed by atoms with van der Waals surface area (Å²) in [5.74, 6) is 2.55. The van der Waals surface area contributed by atoms with E-state index in [1.807, 2.05) is 30.7 Å². The lowest BCUT2D eigenvalue weighted by atomic mass is 10.2. The molecule has 0 radical (unpaired) electrons. The van der Waals surface area contributed by atoms with Crippen molar-refractivity contribution in [3.63, 3.8) is 0 Å². The molecule has 1 aromatic heterocycles. The zero-order chi connectivity index (χ0) is 20.2. The number of piperazine rings is 1. The van der Waals surface area contributed by atoms with E-state index in [4.69, 9.17) is 4.99 Å². The molecule has 1 saturated carbocycles. The highest BCUT2D eigenvalue weighted by molar-refractivity contribution is 14.0. The van der Waals surface area contributed by atoms with E-state index < -0.39 is 0 Å². The van der Waals surface area contributed by atoms with E-state index in [2.05, 4.69) is 25.3 Å². The van der Waals surface area contributed by atoms with Crippen LogP contribution in [0.25, 0.3) is 0 Å². The Balaban J connectivity index is 0.00000256. The number of nitrogens with one attached hydrogen (secondary N) is 1. The molecule has 2 aliphatic rings. The second-order valence-electron chi connectivity index (χ2n) is 7.94. The molecular formula is C21H31FIN7. The average Bonchev–Trinajstić information content (AvgIpc) is 3.37. The zero-order valence-corrected chi connectivity index (χ0v) is 20.1. The topological polar surface area (TPSA) is 61.6 Å². The van der Waals surface area contributed by atoms with Crippen molar-refractivity contribution in [1.29, 1.82) is 0 Å². The highest BCUT2D eigenvalue weighted by Gasteiger charge is 2.23. The van der Waals surface area contributed by atoms with Crippen LogP contribution in [0.15, 0.2) is 29.3 Å². The molecule has 7 nitrogen and oxygen atoms in total. The number of guanidine groups is 1. The third kappa shape index (κ3) is 5.41. The number of nitrogens with zero attached hydrogens (tertiary/aromatic N) is 6. The summed E-state index contributed by atoms with van der Waals surface area (Å²) in [6, 6.07) is 7.27. The first-order valence-electron chi connectivity index (χ1n) is 10.5. The van der Waals surface area contributed by atoms with Gasteiger partial charge in [-0.2, -0.15) is 0 Å². The summed E-state index contributed by atoms with van der Waals surface area (Å²) in [6.45, 7) is 6.01. The minimum Gasteiger partial charge on any atom is -0.368 e. The Hall–Kier alpha value is -1.91. The van der Waals surface area contributed by atoms with Gasteiger partial charge < -0.3 is 19.7 Å². The molecule has 1 aromatic carbocycles. The van der Waals surface area contributed by atoms with Crippen LogP contribution in [0.1, 0.15) is 37.3 Å². The zero-order valence-electron chi connectivity index (χ0n) is 17.7. The molecule has 30 heavy (non-hydrogen) atoms. The number of hydrogen-bond donors (Lipinski definition) is 1. The summed E-state index contributed by atoms with van der Waals surface area (Å²) in [7, 11) is 1.98. The van der Waals surface area contributed by atoms with Gasteiger partial charge in [-0.05, 0) is 44.0 Å². The smallest absolute Gasteiger partial charge is 0.194 e. The fourth-order valence-corrected chi connectivity index (χ4v) is 4.05. The Morgan fingerprint density at radius 2 is 1.77 bits per heavy atom. The molecule has 1 aliphatic carbocycles. The normalized spacial score (nSPS) is 17.9. The highest BCUT2D eigenvalue weighted by atomic mass is 127. The number of aryl methyl sites for hydroxylation is 1. The maximum atomic E-state index is 13.2. The van der Waals surface area contributed by atoms with Gasteiger partial charge in [-0.1, -0.05) is 12.8 Å². The van der Waals surface area contributed by atoms with Gasteiger partial charge in [0.15, 0.2) is 11.8 Å². The standard InChI is InChI=1S/C21H30FN7.HI/c1-16-25-26-20(27(16)2)15-23-21(24-18-5-3-4-6-18)29-13-11-28(12-14-29)19-9-7-17(22)8-10-19;/h7-10,18H,3-6,11-15H2,1-2H3,(H,23,24);1H. The van der Waals surface area contributed by atoms with Gasteiger partial charge in [0, 0.05) is 45.0 Å². The van der Waals surface area contributed by atoms with Crippen LogP contribution in [0, 0.1) is 12.7 Å². The predicted octanol–water partition coefficient (Wildman–Crippen LogP) is 3.09. The number of rotatable bonds is 4. The van der Waals surface area contributed by atoms with Crippen molar-refractivity contribution in [2.75, 3.05) is 31.1 Å². The molecule has 1 saturated heterocycles. The van der Waals surface area contributed by atoms with Gasteiger partial charge in [-0.25, -0.2) is 9.38 Å². The van der Waals surface area contributed by atoms with Crippen molar-refractivity contribution in [3.8, 4) is 0 Å². The van der Waals surface area contributed by atoms with Gasteiger partial charge in [0.2, 0.25) is 0 Å². The lowest BCUT2D eigenvalue weighted by molar-refractivity contribution is 0.365. The van der Waals surface area contributed by atoms with Crippen LogP contribution in [-0.2, 0) is 13.6 Å². The number of benzene rings is 1. The van der Waals surface area contributed by atoms with Crippen LogP contribution < -0.4 is 10.2 Å². The summed E-state index contributed by atoms with van der Waals surface area (Å²) in [5.41, 5.74) is 1.07. The fourth-order valence-electron chi connectivity index (χ4n) is 4.05. The molecule has 2 aromatic rings. The van der Waals surface area contributed by atoms with Crippen LogP contribution in [0.5, 0.6) is 0 Å². The van der Waals surface area contributed by atoms with Crippen LogP contribution >= 0.6 is 24.0 Å². The minimum absolute atomic E-state index is 0. The van der Waals surface area contributed by atoms with Gasteiger partial charge in [0.05, 0.1) is 0 Å². The molecule has 0 bridgehead atoms. The first-order valence-corrected chi connectivity index (χ1v) is 10.5. The number of aliphatic imine (C=N–C) groups is 1. The van der Waals surface area contributed by atoms with Crippen molar-refractivity contribution in [1.82, 2.24) is 25.0 Å². The van der Waals surface area contributed by atoms with E-state index >= 15 is 0 Å². The van der Waals surface area contributed by atoms with Crippen molar-refractivity contribution < 1.29 is 4.39 Å². The van der Waals surface area contributed by atoms with E-state index in [9.17, 15) is 4.39 Å². The molecule has 0 amide bonds. The Morgan fingerprint density at radius 1 is 1.10 bits per heavy atom. The predicted molar refractivity (Wildman–Crippen MR) is 128 cm³/mol. The highest BCUT2D eigenvalue weighted by Crippen LogP contribution is 2.20. The fraction of sp³-hybridized carbons (Fsp3) is 0.571. The first-order chi connectivity index (χ1) is 14.1. The summed E-state index contributed by atoms with van der Waals surface area (Å²) < 4.78 is 15.2. The number of hydrogen-bond acceptors (Lipinski definition) is 4. The maximum absolute atomic E-state index is 13.2. The van der Waals surface area contributed by atoms with Gasteiger partial charge in [-0.3, -0.25) is 0 Å². The molecule has 0 atom stereocenters. The summed E-state index contributed by atoms with van der Waals surface area (Å²) in [5, 5.41) is 12.1. The van der Waals surface area contributed by atoms with Crippen molar-refractivity contribution >= 4 is 35.6 Å². The second-order valence-corrected chi connectivity index (χ2v) is 7.94. The largest absolute Gasteiger partial charge is 0.368 e. The van der Waals surface area contributed by atoms with Crippen LogP contribution in [0.3, 0.4) is 0 Å². The molecule has 1 aliphatic heterocycles. The van der Waals surface area contributed by atoms with Crippen molar-refractivity contribution in [2.45, 2.75) is 45.2 Å². The Bertz CT molecular complexity index is 838. The van der Waals surface area contributed by atoms with E-state index in [1.165, 1.54) is 37.8 Å². The molecule has 164 valence electrons. The van der Waals surface area contributed by atoms with Crippen molar-refractivity contribution in [3.05, 3.63) is 41.7 Å². The first kappa shape index (κ1) is 22.8. The van der Waals surface area contributed by atoms with Gasteiger partial charge in [0.1, 0.15) is 18.2 Å². The SMILES string of the molecule is Cc1nnc(CN=C(NC2CCCC2)N2CCN(c3ccc(F)cc3)CC2)n1C.I. The maximum Gasteiger partial charge on any atom is 0.194 e. The second kappa shape index (κ2) is 10.4. The van der Waals surface area contributed by atoms with Gasteiger partial charge in [0.25, 0.3) is 0 Å². The van der Waals surface area contributed by atoms with E-state index in [1.54, 1.807) is 0 Å². The molecule has 0 unspecified atom stereocenters. The molecule has 2 heterocycles. The third-order valence-corrected chi connectivity index (χ3v) is 6.01. The molecule has 4 rings (SSSR count). The number of anilines is 1. The quantitative estimate of drug-likeness (QED) is 0.377. The summed E-state index contributed by atoms with van der Waals surface area (Å²) >= 11 is 0. The summed E-state index contributed by atoms with van der Waals surface area (Å²) in [4.78, 5) is 9.54. The molecular weight excluding hydrogens is 496 g/mol. The lowest BCUT2D eigenvalue weighted by Crippen LogP contribution is -2.54. The number of aromatic nitrogens is 3. The van der Waals surface area contributed by atoms with Crippen LogP contribution in [0.4, 0.5) is 10.1 Å². The van der Waals surface area contributed by atoms with Gasteiger partial charge >= 0.3 is 0 Å². The lowest BCUT2D eigenvalue weighted by Gasteiger charge is -2.38. The molecule has 2 fully saturated rings. The molecule has 0 spiro atoms. The van der Waals surface area contributed by atoms with E-state index in [-0.39, 0.29) is 29.8 Å². The van der Waals surface area contributed by atoms with Crippen LogP contribution in [0.2, 0.25) is 0 Å². The van der Waals surface area contributed by atoms with Gasteiger partial charge in [-0.15, -0.1) is 34.2 Å². The van der Waals surface area contributed by atoms with Crippen LogP contribution in [-0.4, -0.2) is 57.8 Å². The number of halogens is 2. The monoisotopic (exact) mass is 527 g/mol.